The van der Waals surface area contributed by atoms with Gasteiger partial charge in [-0.05, 0) is 18.5 Å². The smallest absolute Gasteiger partial charge is 0.0398 e. The lowest BCUT2D eigenvalue weighted by Gasteiger charge is -2.33. The van der Waals surface area contributed by atoms with Crippen molar-refractivity contribution >= 4 is 31.9 Å². The standard InChI is InChI=1S/C12H15Br2N/c13-11-6-7-15(9-12(11)14)8-10-4-2-1-3-5-10/h1-5,11-12H,6-9H2/t11-,12-/m0/s1. The molecule has 1 aromatic carbocycles. The minimum atomic E-state index is 0.579. The molecular weight excluding hydrogens is 318 g/mol. The number of piperidine rings is 1. The monoisotopic (exact) mass is 331 g/mol. The van der Waals surface area contributed by atoms with Gasteiger partial charge in [0.05, 0.1) is 0 Å². The maximum absolute atomic E-state index is 3.72. The summed E-state index contributed by atoms with van der Waals surface area (Å²) in [5.74, 6) is 0. The molecule has 1 aromatic rings. The molecule has 0 amide bonds. The third kappa shape index (κ3) is 3.30. The Kier molecular flexibility index (Phi) is 4.23. The number of nitrogens with zero attached hydrogens (tertiary/aromatic N) is 1. The van der Waals surface area contributed by atoms with E-state index >= 15 is 0 Å². The second kappa shape index (κ2) is 5.46. The quantitative estimate of drug-likeness (QED) is 0.750. The lowest BCUT2D eigenvalue weighted by Crippen LogP contribution is -2.40. The molecule has 82 valence electrons. The van der Waals surface area contributed by atoms with E-state index in [4.69, 9.17) is 0 Å². The molecule has 2 atom stereocenters. The zero-order valence-corrected chi connectivity index (χ0v) is 11.7. The van der Waals surface area contributed by atoms with Crippen LogP contribution >= 0.6 is 31.9 Å². The van der Waals surface area contributed by atoms with Gasteiger partial charge in [-0.2, -0.15) is 0 Å². The molecule has 1 heterocycles. The Morgan fingerprint density at radius 3 is 2.53 bits per heavy atom. The lowest BCUT2D eigenvalue weighted by molar-refractivity contribution is 0.233. The average molecular weight is 333 g/mol. The highest BCUT2D eigenvalue weighted by atomic mass is 79.9. The van der Waals surface area contributed by atoms with E-state index in [9.17, 15) is 0 Å². The summed E-state index contributed by atoms with van der Waals surface area (Å²) in [6.07, 6.45) is 1.22. The molecule has 0 radical (unpaired) electrons. The lowest BCUT2D eigenvalue weighted by atomic mass is 10.1. The molecule has 0 bridgehead atoms. The first kappa shape index (κ1) is 11.6. The highest BCUT2D eigenvalue weighted by Crippen LogP contribution is 2.24. The average Bonchev–Trinajstić information content (AvgIpc) is 2.25. The number of hydrogen-bond donors (Lipinski definition) is 0. The van der Waals surface area contributed by atoms with Gasteiger partial charge in [-0.3, -0.25) is 4.90 Å². The molecule has 0 aromatic heterocycles. The van der Waals surface area contributed by atoms with E-state index in [2.05, 4.69) is 67.1 Å². The maximum Gasteiger partial charge on any atom is 0.0398 e. The van der Waals surface area contributed by atoms with Gasteiger partial charge >= 0.3 is 0 Å². The van der Waals surface area contributed by atoms with Crippen LogP contribution in [0.3, 0.4) is 0 Å². The molecule has 0 unspecified atom stereocenters. The molecule has 0 saturated carbocycles. The maximum atomic E-state index is 3.72. The van der Waals surface area contributed by atoms with E-state index in [1.165, 1.54) is 18.5 Å². The topological polar surface area (TPSA) is 3.24 Å². The van der Waals surface area contributed by atoms with E-state index in [1.54, 1.807) is 0 Å². The summed E-state index contributed by atoms with van der Waals surface area (Å²) in [6.45, 7) is 3.39. The van der Waals surface area contributed by atoms with E-state index in [1.807, 2.05) is 0 Å². The molecule has 1 fully saturated rings. The van der Waals surface area contributed by atoms with Crippen LogP contribution in [0.5, 0.6) is 0 Å². The van der Waals surface area contributed by atoms with Crippen LogP contribution in [0.2, 0.25) is 0 Å². The van der Waals surface area contributed by atoms with Crippen LogP contribution in [0.1, 0.15) is 12.0 Å². The van der Waals surface area contributed by atoms with Crippen LogP contribution in [0, 0.1) is 0 Å². The Morgan fingerprint density at radius 1 is 1.13 bits per heavy atom. The van der Waals surface area contributed by atoms with E-state index in [0.29, 0.717) is 9.65 Å². The van der Waals surface area contributed by atoms with Crippen molar-refractivity contribution < 1.29 is 0 Å². The first-order valence-electron chi connectivity index (χ1n) is 5.30. The first-order chi connectivity index (χ1) is 7.25. The summed E-state index contributed by atoms with van der Waals surface area (Å²) >= 11 is 7.41. The molecule has 1 aliphatic rings. The van der Waals surface area contributed by atoms with Crippen LogP contribution in [-0.2, 0) is 6.54 Å². The number of likely N-dealkylation sites (tertiary alicyclic amines) is 1. The van der Waals surface area contributed by atoms with E-state index < -0.39 is 0 Å². The van der Waals surface area contributed by atoms with Crippen molar-refractivity contribution in [3.63, 3.8) is 0 Å². The molecule has 2 rings (SSSR count). The van der Waals surface area contributed by atoms with Crippen molar-refractivity contribution in [2.45, 2.75) is 22.6 Å². The number of rotatable bonds is 2. The first-order valence-corrected chi connectivity index (χ1v) is 7.13. The normalized spacial score (nSPS) is 27.9. The SMILES string of the molecule is Br[C@H]1CCN(Cc2ccccc2)C[C@@H]1Br. The molecule has 1 nitrogen and oxygen atoms in total. The predicted octanol–water partition coefficient (Wildman–Crippen LogP) is 3.42. The van der Waals surface area contributed by atoms with Crippen LogP contribution in [0.4, 0.5) is 0 Å². The Hall–Kier alpha value is 0.140. The van der Waals surface area contributed by atoms with Gasteiger partial charge in [0.2, 0.25) is 0 Å². The summed E-state index contributed by atoms with van der Waals surface area (Å²) < 4.78 is 0. The van der Waals surface area contributed by atoms with E-state index in [0.717, 1.165) is 13.1 Å². The zero-order chi connectivity index (χ0) is 10.7. The number of hydrogen-bond acceptors (Lipinski definition) is 1. The molecule has 15 heavy (non-hydrogen) atoms. The number of alkyl halides is 2. The Bertz CT molecular complexity index is 302. The van der Waals surface area contributed by atoms with Crippen molar-refractivity contribution in [1.82, 2.24) is 4.90 Å². The highest BCUT2D eigenvalue weighted by molar-refractivity contribution is 9.12. The second-order valence-corrected chi connectivity index (χ2v) is 6.39. The molecule has 0 aliphatic carbocycles. The zero-order valence-electron chi connectivity index (χ0n) is 8.57. The molecule has 3 heteroatoms. The minimum absolute atomic E-state index is 0.579. The third-order valence-electron chi connectivity index (χ3n) is 2.80. The fourth-order valence-corrected chi connectivity index (χ4v) is 2.97. The largest absolute Gasteiger partial charge is 0.298 e. The van der Waals surface area contributed by atoms with Crippen LogP contribution in [-0.4, -0.2) is 27.6 Å². The van der Waals surface area contributed by atoms with Crippen LogP contribution in [0.15, 0.2) is 30.3 Å². The Morgan fingerprint density at radius 2 is 1.87 bits per heavy atom. The molecular formula is C12H15Br2N. The van der Waals surface area contributed by atoms with Crippen LogP contribution < -0.4 is 0 Å². The number of halogens is 2. The number of benzene rings is 1. The summed E-state index contributed by atoms with van der Waals surface area (Å²) in [6, 6.07) is 10.7. The van der Waals surface area contributed by atoms with E-state index in [-0.39, 0.29) is 0 Å². The fourth-order valence-electron chi connectivity index (χ4n) is 1.92. The predicted molar refractivity (Wildman–Crippen MR) is 71.8 cm³/mol. The molecule has 1 saturated heterocycles. The van der Waals surface area contributed by atoms with Gasteiger partial charge in [0.1, 0.15) is 0 Å². The summed E-state index contributed by atoms with van der Waals surface area (Å²) in [4.78, 5) is 3.71. The molecule has 0 N–H and O–H groups in total. The van der Waals surface area contributed by atoms with Gasteiger partial charge in [0, 0.05) is 22.7 Å². The highest BCUT2D eigenvalue weighted by Gasteiger charge is 2.24. The van der Waals surface area contributed by atoms with Crippen molar-refractivity contribution in [1.29, 1.82) is 0 Å². The van der Waals surface area contributed by atoms with Crippen molar-refractivity contribution in [3.8, 4) is 0 Å². The van der Waals surface area contributed by atoms with Gasteiger partial charge in [-0.15, -0.1) is 0 Å². The van der Waals surface area contributed by atoms with Crippen molar-refractivity contribution in [2.24, 2.45) is 0 Å². The van der Waals surface area contributed by atoms with Crippen molar-refractivity contribution in [2.75, 3.05) is 13.1 Å². The second-order valence-electron chi connectivity index (χ2n) is 4.04. The summed E-state index contributed by atoms with van der Waals surface area (Å²) in [7, 11) is 0. The summed E-state index contributed by atoms with van der Waals surface area (Å²) in [5.41, 5.74) is 1.41. The summed E-state index contributed by atoms with van der Waals surface area (Å²) in [5, 5.41) is 0. The Balaban J connectivity index is 1.91. The fraction of sp³-hybridized carbons (Fsp3) is 0.500. The van der Waals surface area contributed by atoms with Crippen LogP contribution in [0.25, 0.3) is 0 Å². The third-order valence-corrected chi connectivity index (χ3v) is 5.53. The van der Waals surface area contributed by atoms with Crippen molar-refractivity contribution in [3.05, 3.63) is 35.9 Å². The van der Waals surface area contributed by atoms with Gasteiger partial charge in [-0.25, -0.2) is 0 Å². The Labute approximate surface area is 108 Å². The minimum Gasteiger partial charge on any atom is -0.298 e. The van der Waals surface area contributed by atoms with Gasteiger partial charge in [0.15, 0.2) is 0 Å². The molecule has 0 spiro atoms. The van der Waals surface area contributed by atoms with Gasteiger partial charge in [0.25, 0.3) is 0 Å². The van der Waals surface area contributed by atoms with Gasteiger partial charge in [-0.1, -0.05) is 62.2 Å². The van der Waals surface area contributed by atoms with Gasteiger partial charge < -0.3 is 0 Å². The molecule has 1 aliphatic heterocycles.